The lowest BCUT2D eigenvalue weighted by Gasteiger charge is -2.18. The van der Waals surface area contributed by atoms with Gasteiger partial charge in [0.05, 0.1) is 23.4 Å². The fourth-order valence-corrected chi connectivity index (χ4v) is 4.49. The molecule has 0 radical (unpaired) electrons. The Morgan fingerprint density at radius 3 is 2.71 bits per heavy atom. The molecule has 0 bridgehead atoms. The van der Waals surface area contributed by atoms with Crippen LogP contribution in [0.4, 0.5) is 0 Å². The number of hydrogen-bond acceptors (Lipinski definition) is 7. The Labute approximate surface area is 199 Å². The third-order valence-corrected chi connectivity index (χ3v) is 7.18. The van der Waals surface area contributed by atoms with Crippen LogP contribution in [-0.2, 0) is 33.8 Å². The standard InChI is InChI=1S/C24H26N4O5S/c1-28-20-10-17(7-8-21(20)33-24(28)30)16-5-3-15(4-6-16)9-18(11-25)27-23(29)22-13-26-12-19(14-32-22)34(2)31/h3-8,10,18-19,22,26H,9,12-14H2,1-2H3,(H,27,29). The van der Waals surface area contributed by atoms with Crippen molar-refractivity contribution in [2.24, 2.45) is 7.05 Å². The van der Waals surface area contributed by atoms with Gasteiger partial charge in [0, 0.05) is 43.6 Å². The summed E-state index contributed by atoms with van der Waals surface area (Å²) in [6.07, 6.45) is 1.23. The molecule has 34 heavy (non-hydrogen) atoms. The molecule has 1 aliphatic rings. The maximum absolute atomic E-state index is 12.6. The van der Waals surface area contributed by atoms with Gasteiger partial charge >= 0.3 is 5.76 Å². The smallest absolute Gasteiger partial charge is 0.408 e. The zero-order valence-corrected chi connectivity index (χ0v) is 19.8. The van der Waals surface area contributed by atoms with E-state index in [0.717, 1.165) is 16.7 Å². The lowest BCUT2D eigenvalue weighted by atomic mass is 10.0. The number of ether oxygens (including phenoxy) is 1. The molecule has 1 fully saturated rings. The summed E-state index contributed by atoms with van der Waals surface area (Å²) in [5.41, 5.74) is 4.04. The van der Waals surface area contributed by atoms with Crippen molar-refractivity contribution >= 4 is 27.8 Å². The topological polar surface area (TPSA) is 126 Å². The van der Waals surface area contributed by atoms with Gasteiger partial charge in [-0.15, -0.1) is 0 Å². The Balaban J connectivity index is 1.39. The van der Waals surface area contributed by atoms with E-state index in [1.807, 2.05) is 36.4 Å². The fraction of sp³-hybridized carbons (Fsp3) is 0.375. The van der Waals surface area contributed by atoms with Crippen LogP contribution in [0.2, 0.25) is 0 Å². The van der Waals surface area contributed by atoms with Crippen LogP contribution in [0, 0.1) is 11.3 Å². The van der Waals surface area contributed by atoms with E-state index < -0.39 is 28.7 Å². The van der Waals surface area contributed by atoms with E-state index in [1.54, 1.807) is 19.4 Å². The number of aromatic nitrogens is 1. The van der Waals surface area contributed by atoms with Gasteiger partial charge in [0.15, 0.2) is 5.58 Å². The van der Waals surface area contributed by atoms with Gasteiger partial charge < -0.3 is 19.8 Å². The van der Waals surface area contributed by atoms with Crippen LogP contribution in [0.1, 0.15) is 5.56 Å². The van der Waals surface area contributed by atoms with E-state index >= 15 is 0 Å². The van der Waals surface area contributed by atoms with Gasteiger partial charge in [-0.2, -0.15) is 5.26 Å². The number of benzene rings is 2. The lowest BCUT2D eigenvalue weighted by Crippen LogP contribution is -2.46. The first-order valence-electron chi connectivity index (χ1n) is 10.9. The van der Waals surface area contributed by atoms with Crippen molar-refractivity contribution in [2.75, 3.05) is 26.0 Å². The Hall–Kier alpha value is -3.26. The molecule has 0 saturated carbocycles. The monoisotopic (exact) mass is 482 g/mol. The SMILES string of the molecule is Cn1c(=O)oc2ccc(-c3ccc(CC(C#N)NC(=O)C4CNCC(S(C)=O)CO4)cc3)cc21. The second-order valence-corrected chi connectivity index (χ2v) is 9.97. The quantitative estimate of drug-likeness (QED) is 0.538. The largest absolute Gasteiger partial charge is 0.419 e. The molecule has 9 nitrogen and oxygen atoms in total. The van der Waals surface area contributed by atoms with E-state index in [0.29, 0.717) is 30.6 Å². The predicted molar refractivity (Wildman–Crippen MR) is 129 cm³/mol. The summed E-state index contributed by atoms with van der Waals surface area (Å²) in [5.74, 6) is -0.769. The molecular formula is C24H26N4O5S. The molecule has 4 atom stereocenters. The first kappa shape index (κ1) is 23.9. The number of aryl methyl sites for hydroxylation is 1. The highest BCUT2D eigenvalue weighted by atomic mass is 32.2. The maximum Gasteiger partial charge on any atom is 0.419 e. The van der Waals surface area contributed by atoms with Crippen LogP contribution in [-0.4, -0.2) is 58.0 Å². The number of nitrogens with zero attached hydrogens (tertiary/aromatic N) is 2. The van der Waals surface area contributed by atoms with Crippen LogP contribution in [0.5, 0.6) is 0 Å². The van der Waals surface area contributed by atoms with E-state index in [-0.39, 0.29) is 17.8 Å². The molecule has 1 amide bonds. The van der Waals surface area contributed by atoms with E-state index in [2.05, 4.69) is 16.7 Å². The molecule has 2 aromatic carbocycles. The number of amides is 1. The number of fused-ring (bicyclic) bond motifs is 1. The van der Waals surface area contributed by atoms with Gasteiger partial charge in [-0.3, -0.25) is 13.6 Å². The second-order valence-electron chi connectivity index (χ2n) is 8.30. The minimum Gasteiger partial charge on any atom is -0.408 e. The highest BCUT2D eigenvalue weighted by Crippen LogP contribution is 2.24. The van der Waals surface area contributed by atoms with E-state index in [1.165, 1.54) is 4.57 Å². The van der Waals surface area contributed by atoms with Crippen molar-refractivity contribution in [3.05, 3.63) is 58.6 Å². The van der Waals surface area contributed by atoms with Gasteiger partial charge in [0.2, 0.25) is 0 Å². The average molecular weight is 483 g/mol. The molecule has 1 aromatic heterocycles. The van der Waals surface area contributed by atoms with Crippen molar-refractivity contribution in [1.82, 2.24) is 15.2 Å². The minimum atomic E-state index is -1.04. The van der Waals surface area contributed by atoms with Crippen molar-refractivity contribution in [3.63, 3.8) is 0 Å². The molecule has 1 saturated heterocycles. The molecule has 10 heteroatoms. The van der Waals surface area contributed by atoms with Crippen LogP contribution in [0.3, 0.4) is 0 Å². The number of carbonyl (C=O) groups is 1. The van der Waals surface area contributed by atoms with Gasteiger partial charge in [-0.25, -0.2) is 4.79 Å². The predicted octanol–water partition coefficient (Wildman–Crippen LogP) is 1.08. The third-order valence-electron chi connectivity index (χ3n) is 5.94. The summed E-state index contributed by atoms with van der Waals surface area (Å²) in [6.45, 7) is 1.05. The van der Waals surface area contributed by atoms with Crippen molar-refractivity contribution < 1.29 is 18.2 Å². The van der Waals surface area contributed by atoms with Gasteiger partial charge in [0.1, 0.15) is 12.1 Å². The average Bonchev–Trinajstić information content (AvgIpc) is 2.99. The Kier molecular flexibility index (Phi) is 7.26. The van der Waals surface area contributed by atoms with Gasteiger partial charge in [0.25, 0.3) is 5.91 Å². The molecule has 0 aliphatic carbocycles. The molecule has 1 aliphatic heterocycles. The highest BCUT2D eigenvalue weighted by molar-refractivity contribution is 7.85. The number of carbonyl (C=O) groups excluding carboxylic acids is 1. The first-order valence-corrected chi connectivity index (χ1v) is 12.5. The number of hydrogen-bond donors (Lipinski definition) is 2. The summed E-state index contributed by atoms with van der Waals surface area (Å²) in [6, 6.07) is 14.7. The second kappa shape index (κ2) is 10.3. The van der Waals surface area contributed by atoms with Gasteiger partial charge in [-0.1, -0.05) is 30.3 Å². The molecule has 4 rings (SSSR count). The van der Waals surface area contributed by atoms with Crippen molar-refractivity contribution in [2.45, 2.75) is 23.8 Å². The van der Waals surface area contributed by atoms with E-state index in [9.17, 15) is 19.1 Å². The molecule has 2 N–H and O–H groups in total. The van der Waals surface area contributed by atoms with Crippen LogP contribution >= 0.6 is 0 Å². The molecule has 4 unspecified atom stereocenters. The molecule has 178 valence electrons. The molecule has 2 heterocycles. The zero-order valence-electron chi connectivity index (χ0n) is 18.9. The maximum atomic E-state index is 12.6. The molecular weight excluding hydrogens is 456 g/mol. The highest BCUT2D eigenvalue weighted by Gasteiger charge is 2.27. The Morgan fingerprint density at radius 1 is 1.26 bits per heavy atom. The van der Waals surface area contributed by atoms with Crippen molar-refractivity contribution in [1.29, 1.82) is 5.26 Å². The van der Waals surface area contributed by atoms with Crippen LogP contribution in [0.15, 0.2) is 51.7 Å². The van der Waals surface area contributed by atoms with Crippen molar-refractivity contribution in [3.8, 4) is 17.2 Å². The minimum absolute atomic E-state index is 0.165. The van der Waals surface area contributed by atoms with Crippen LogP contribution < -0.4 is 16.4 Å². The summed E-state index contributed by atoms with van der Waals surface area (Å²) in [7, 11) is 0.619. The summed E-state index contributed by atoms with van der Waals surface area (Å²) in [4.78, 5) is 24.3. The lowest BCUT2D eigenvalue weighted by molar-refractivity contribution is -0.132. The van der Waals surface area contributed by atoms with Gasteiger partial charge in [-0.05, 0) is 28.8 Å². The normalized spacial score (nSPS) is 20.3. The number of rotatable bonds is 6. The zero-order chi connectivity index (χ0) is 24.2. The first-order chi connectivity index (χ1) is 16.4. The summed E-state index contributed by atoms with van der Waals surface area (Å²) in [5, 5.41) is 15.3. The third kappa shape index (κ3) is 5.28. The summed E-state index contributed by atoms with van der Waals surface area (Å²) < 4.78 is 23.9. The van der Waals surface area contributed by atoms with Crippen LogP contribution in [0.25, 0.3) is 22.2 Å². The summed E-state index contributed by atoms with van der Waals surface area (Å²) >= 11 is 0. The molecule has 0 spiro atoms. The molecule has 3 aromatic rings. The number of nitrogens with one attached hydrogen (secondary N) is 2. The number of nitriles is 1. The Bertz CT molecular complexity index is 1310. The number of oxazole rings is 1. The van der Waals surface area contributed by atoms with E-state index in [4.69, 9.17) is 9.15 Å². The Morgan fingerprint density at radius 2 is 2.00 bits per heavy atom. The fourth-order valence-electron chi connectivity index (χ4n) is 3.87.